The first kappa shape index (κ1) is 9.45. The summed E-state index contributed by atoms with van der Waals surface area (Å²) >= 11 is 0. The molecule has 0 radical (unpaired) electrons. The first-order valence-corrected chi connectivity index (χ1v) is 4.88. The highest BCUT2D eigenvalue weighted by atomic mass is 16.2. The number of nitrogens with zero attached hydrogens (tertiary/aromatic N) is 1. The standard InChI is InChI=1S/C9H15N3O2/c1-6(10)8(14)12-3-2-9(5-12)4-7(13)11-9/h6H,2-5,10H2,1H3,(H,11,13)/t6-,9+/m0/s1. The van der Waals surface area contributed by atoms with Crippen LogP contribution >= 0.6 is 0 Å². The summed E-state index contributed by atoms with van der Waals surface area (Å²) in [4.78, 5) is 24.1. The molecule has 0 aromatic carbocycles. The number of rotatable bonds is 1. The number of hydrogen-bond donors (Lipinski definition) is 2. The van der Waals surface area contributed by atoms with Crippen molar-refractivity contribution in [3.63, 3.8) is 0 Å². The Balaban J connectivity index is 1.95. The zero-order chi connectivity index (χ0) is 10.3. The number of carbonyl (C=O) groups excluding carboxylic acids is 2. The average Bonchev–Trinajstić information content (AvgIpc) is 2.47. The number of nitrogens with two attached hydrogens (primary N) is 1. The molecule has 0 aromatic heterocycles. The Morgan fingerprint density at radius 3 is 2.86 bits per heavy atom. The normalized spacial score (nSPS) is 32.7. The van der Waals surface area contributed by atoms with Crippen LogP contribution in [0.15, 0.2) is 0 Å². The largest absolute Gasteiger partial charge is 0.348 e. The van der Waals surface area contributed by atoms with Gasteiger partial charge in [0.2, 0.25) is 11.8 Å². The van der Waals surface area contributed by atoms with Gasteiger partial charge in [0.05, 0.1) is 18.0 Å². The van der Waals surface area contributed by atoms with Gasteiger partial charge in [0.15, 0.2) is 0 Å². The summed E-state index contributed by atoms with van der Waals surface area (Å²) in [7, 11) is 0. The van der Waals surface area contributed by atoms with Crippen molar-refractivity contribution >= 4 is 11.8 Å². The molecule has 5 heteroatoms. The van der Waals surface area contributed by atoms with E-state index in [1.54, 1.807) is 11.8 Å². The van der Waals surface area contributed by atoms with Crippen LogP contribution in [-0.2, 0) is 9.59 Å². The van der Waals surface area contributed by atoms with Crippen LogP contribution < -0.4 is 11.1 Å². The van der Waals surface area contributed by atoms with Crippen molar-refractivity contribution in [1.82, 2.24) is 10.2 Å². The number of likely N-dealkylation sites (tertiary alicyclic amines) is 1. The zero-order valence-electron chi connectivity index (χ0n) is 8.25. The molecule has 2 fully saturated rings. The Hall–Kier alpha value is -1.10. The van der Waals surface area contributed by atoms with E-state index in [-0.39, 0.29) is 17.4 Å². The topological polar surface area (TPSA) is 75.4 Å². The predicted molar refractivity (Wildman–Crippen MR) is 50.3 cm³/mol. The SMILES string of the molecule is C[C@H](N)C(=O)N1CC[C@@]2(CC(=O)N2)C1. The molecule has 1 spiro atoms. The summed E-state index contributed by atoms with van der Waals surface area (Å²) < 4.78 is 0. The first-order chi connectivity index (χ1) is 6.52. The Kier molecular flexibility index (Phi) is 1.99. The van der Waals surface area contributed by atoms with E-state index >= 15 is 0 Å². The minimum absolute atomic E-state index is 0.0250. The monoisotopic (exact) mass is 197 g/mol. The highest BCUT2D eigenvalue weighted by Gasteiger charge is 2.48. The maximum Gasteiger partial charge on any atom is 0.239 e. The fraction of sp³-hybridized carbons (Fsp3) is 0.778. The maximum absolute atomic E-state index is 11.5. The van der Waals surface area contributed by atoms with Crippen LogP contribution in [0.2, 0.25) is 0 Å². The molecule has 2 heterocycles. The smallest absolute Gasteiger partial charge is 0.239 e. The Labute approximate surface area is 82.6 Å². The molecule has 2 atom stereocenters. The number of carbonyl (C=O) groups is 2. The first-order valence-electron chi connectivity index (χ1n) is 4.88. The van der Waals surface area contributed by atoms with Gasteiger partial charge < -0.3 is 16.0 Å². The average molecular weight is 197 g/mol. The molecule has 5 nitrogen and oxygen atoms in total. The van der Waals surface area contributed by atoms with Gasteiger partial charge in [0, 0.05) is 13.1 Å². The highest BCUT2D eigenvalue weighted by Crippen LogP contribution is 2.31. The van der Waals surface area contributed by atoms with Crippen molar-refractivity contribution in [3.8, 4) is 0 Å². The molecule has 2 aliphatic heterocycles. The van der Waals surface area contributed by atoms with Gasteiger partial charge in [-0.2, -0.15) is 0 Å². The molecule has 14 heavy (non-hydrogen) atoms. The van der Waals surface area contributed by atoms with Gasteiger partial charge in [-0.05, 0) is 13.3 Å². The van der Waals surface area contributed by atoms with E-state index in [1.807, 2.05) is 0 Å². The van der Waals surface area contributed by atoms with E-state index in [0.29, 0.717) is 19.5 Å². The summed E-state index contributed by atoms with van der Waals surface area (Å²) in [5.74, 6) is 0.0584. The molecule has 2 aliphatic rings. The van der Waals surface area contributed by atoms with Crippen LogP contribution in [0, 0.1) is 0 Å². The van der Waals surface area contributed by atoms with Gasteiger partial charge in [0.1, 0.15) is 0 Å². The molecule has 3 N–H and O–H groups in total. The Morgan fingerprint density at radius 1 is 1.71 bits per heavy atom. The second-order valence-corrected chi connectivity index (χ2v) is 4.30. The van der Waals surface area contributed by atoms with Crippen LogP contribution in [0.3, 0.4) is 0 Å². The van der Waals surface area contributed by atoms with E-state index in [4.69, 9.17) is 5.73 Å². The number of nitrogens with one attached hydrogen (secondary N) is 1. The van der Waals surface area contributed by atoms with Crippen LogP contribution in [-0.4, -0.2) is 41.4 Å². The second-order valence-electron chi connectivity index (χ2n) is 4.30. The van der Waals surface area contributed by atoms with Crippen LogP contribution in [0.4, 0.5) is 0 Å². The van der Waals surface area contributed by atoms with E-state index in [1.165, 1.54) is 0 Å². The fourth-order valence-electron chi connectivity index (χ4n) is 2.18. The molecule has 2 rings (SSSR count). The molecular weight excluding hydrogens is 182 g/mol. The molecule has 0 bridgehead atoms. The lowest BCUT2D eigenvalue weighted by molar-refractivity contribution is -0.135. The van der Waals surface area contributed by atoms with Gasteiger partial charge >= 0.3 is 0 Å². The van der Waals surface area contributed by atoms with Crippen molar-refractivity contribution in [3.05, 3.63) is 0 Å². The summed E-state index contributed by atoms with van der Waals surface area (Å²) in [6, 6.07) is -0.444. The van der Waals surface area contributed by atoms with Gasteiger partial charge in [-0.1, -0.05) is 0 Å². The fourth-order valence-corrected chi connectivity index (χ4v) is 2.18. The quantitative estimate of drug-likeness (QED) is 0.520. The molecule has 2 amide bonds. The minimum Gasteiger partial charge on any atom is -0.348 e. The Bertz CT molecular complexity index is 280. The van der Waals surface area contributed by atoms with Crippen molar-refractivity contribution in [2.75, 3.05) is 13.1 Å². The molecule has 2 saturated heterocycles. The third-order valence-corrected chi connectivity index (χ3v) is 2.96. The van der Waals surface area contributed by atoms with Crippen LogP contribution in [0.25, 0.3) is 0 Å². The number of amides is 2. The van der Waals surface area contributed by atoms with Crippen molar-refractivity contribution < 1.29 is 9.59 Å². The minimum atomic E-state index is -0.444. The van der Waals surface area contributed by atoms with E-state index in [2.05, 4.69) is 5.32 Å². The van der Waals surface area contributed by atoms with E-state index in [0.717, 1.165) is 6.42 Å². The molecule has 0 unspecified atom stereocenters. The van der Waals surface area contributed by atoms with Crippen LogP contribution in [0.5, 0.6) is 0 Å². The van der Waals surface area contributed by atoms with Gasteiger partial charge in [-0.25, -0.2) is 0 Å². The summed E-state index contributed by atoms with van der Waals surface area (Å²) in [6.45, 7) is 3.02. The molecule has 0 aliphatic carbocycles. The van der Waals surface area contributed by atoms with Gasteiger partial charge in [-0.15, -0.1) is 0 Å². The van der Waals surface area contributed by atoms with E-state index < -0.39 is 6.04 Å². The lowest BCUT2D eigenvalue weighted by Crippen LogP contribution is -2.62. The lowest BCUT2D eigenvalue weighted by Gasteiger charge is -2.38. The highest BCUT2D eigenvalue weighted by molar-refractivity contribution is 5.86. The van der Waals surface area contributed by atoms with Crippen molar-refractivity contribution in [2.45, 2.75) is 31.3 Å². The van der Waals surface area contributed by atoms with Crippen LogP contribution in [0.1, 0.15) is 19.8 Å². The lowest BCUT2D eigenvalue weighted by atomic mass is 9.86. The van der Waals surface area contributed by atoms with Gasteiger partial charge in [0.25, 0.3) is 0 Å². The summed E-state index contributed by atoms with van der Waals surface area (Å²) in [5.41, 5.74) is 5.39. The molecule has 78 valence electrons. The molecular formula is C9H15N3O2. The number of hydrogen-bond acceptors (Lipinski definition) is 3. The summed E-state index contributed by atoms with van der Waals surface area (Å²) in [5, 5.41) is 2.87. The predicted octanol–water partition coefficient (Wildman–Crippen LogP) is -1.18. The Morgan fingerprint density at radius 2 is 2.36 bits per heavy atom. The third kappa shape index (κ3) is 1.37. The van der Waals surface area contributed by atoms with Crippen molar-refractivity contribution in [1.29, 1.82) is 0 Å². The maximum atomic E-state index is 11.5. The molecule has 0 aromatic rings. The van der Waals surface area contributed by atoms with E-state index in [9.17, 15) is 9.59 Å². The number of β-lactam (4-membered cyclic amide) rings is 1. The second kappa shape index (κ2) is 2.95. The zero-order valence-corrected chi connectivity index (χ0v) is 8.25. The van der Waals surface area contributed by atoms with Crippen molar-refractivity contribution in [2.24, 2.45) is 5.73 Å². The third-order valence-electron chi connectivity index (χ3n) is 2.96. The van der Waals surface area contributed by atoms with Gasteiger partial charge in [-0.3, -0.25) is 9.59 Å². The summed E-state index contributed by atoms with van der Waals surface area (Å²) in [6.07, 6.45) is 1.41. The molecule has 0 saturated carbocycles.